The van der Waals surface area contributed by atoms with Crippen molar-refractivity contribution in [3.63, 3.8) is 0 Å². The molecule has 1 aromatic carbocycles. The summed E-state index contributed by atoms with van der Waals surface area (Å²) in [5.41, 5.74) is 1.23. The van der Waals surface area contributed by atoms with Crippen molar-refractivity contribution in [2.75, 3.05) is 13.7 Å². The number of Topliss-reactive ketones (excluding diaryl/α,β-unsaturated/α-hetero) is 1. The van der Waals surface area contributed by atoms with Crippen LogP contribution >= 0.6 is 11.6 Å². The number of hydrogen-bond acceptors (Lipinski definition) is 2. The Labute approximate surface area is 102 Å². The summed E-state index contributed by atoms with van der Waals surface area (Å²) in [5.74, 6) is 0.274. The molecule has 0 amide bonds. The van der Waals surface area contributed by atoms with Crippen molar-refractivity contribution in [2.45, 2.75) is 25.7 Å². The molecule has 0 aliphatic heterocycles. The normalized spacial score (nSPS) is 10.4. The highest BCUT2D eigenvalue weighted by Gasteiger charge is 2.01. The molecule has 1 rings (SSSR count). The predicted molar refractivity (Wildman–Crippen MR) is 65.9 cm³/mol. The Bertz CT molecular complexity index is 319. The molecule has 88 valence electrons. The molecule has 0 spiro atoms. The van der Waals surface area contributed by atoms with Gasteiger partial charge in [0.1, 0.15) is 5.78 Å². The van der Waals surface area contributed by atoms with Crippen LogP contribution in [-0.4, -0.2) is 19.5 Å². The fourth-order valence-corrected chi connectivity index (χ4v) is 1.61. The zero-order chi connectivity index (χ0) is 11.8. The first-order chi connectivity index (χ1) is 7.72. The van der Waals surface area contributed by atoms with E-state index in [1.54, 1.807) is 7.11 Å². The number of methoxy groups -OCH3 is 1. The summed E-state index contributed by atoms with van der Waals surface area (Å²) in [6, 6.07) is 7.76. The first-order valence-electron chi connectivity index (χ1n) is 5.47. The highest BCUT2D eigenvalue weighted by Crippen LogP contribution is 2.11. The molecule has 0 aliphatic carbocycles. The Morgan fingerprint density at radius 2 is 1.94 bits per heavy atom. The van der Waals surface area contributed by atoms with Gasteiger partial charge in [0.25, 0.3) is 0 Å². The molecule has 0 atom stereocenters. The molecule has 1 aromatic rings. The largest absolute Gasteiger partial charge is 0.384 e. The number of aryl methyl sites for hydroxylation is 1. The van der Waals surface area contributed by atoms with Gasteiger partial charge in [0.05, 0.1) is 6.61 Å². The molecular formula is C13H17ClO2. The van der Waals surface area contributed by atoms with Crippen LogP contribution in [-0.2, 0) is 16.0 Å². The number of carbonyl (C=O) groups excluding carboxylic acids is 1. The van der Waals surface area contributed by atoms with Gasteiger partial charge in [0, 0.05) is 25.0 Å². The number of ether oxygens (including phenoxy) is 1. The van der Waals surface area contributed by atoms with E-state index in [1.165, 1.54) is 5.56 Å². The van der Waals surface area contributed by atoms with E-state index in [2.05, 4.69) is 0 Å². The van der Waals surface area contributed by atoms with E-state index in [4.69, 9.17) is 16.3 Å². The maximum Gasteiger partial charge on any atom is 0.135 e. The van der Waals surface area contributed by atoms with Crippen LogP contribution in [0.1, 0.15) is 24.8 Å². The third kappa shape index (κ3) is 5.29. The quantitative estimate of drug-likeness (QED) is 0.731. The van der Waals surface area contributed by atoms with Gasteiger partial charge in [-0.3, -0.25) is 4.79 Å². The van der Waals surface area contributed by atoms with Gasteiger partial charge in [-0.2, -0.15) is 0 Å². The second kappa shape index (κ2) is 7.42. The number of hydrogen-bond donors (Lipinski definition) is 0. The lowest BCUT2D eigenvalue weighted by Crippen LogP contribution is -2.02. The monoisotopic (exact) mass is 240 g/mol. The van der Waals surface area contributed by atoms with Crippen LogP contribution < -0.4 is 0 Å². The Hall–Kier alpha value is -0.860. The average Bonchev–Trinajstić information content (AvgIpc) is 2.29. The van der Waals surface area contributed by atoms with E-state index in [9.17, 15) is 4.79 Å². The molecule has 0 aromatic heterocycles. The van der Waals surface area contributed by atoms with E-state index < -0.39 is 0 Å². The summed E-state index contributed by atoms with van der Waals surface area (Å²) in [6.45, 7) is 0.528. The van der Waals surface area contributed by atoms with Crippen molar-refractivity contribution in [1.29, 1.82) is 0 Å². The first-order valence-corrected chi connectivity index (χ1v) is 5.85. The van der Waals surface area contributed by atoms with Gasteiger partial charge in [-0.1, -0.05) is 23.7 Å². The third-order valence-corrected chi connectivity index (χ3v) is 2.67. The molecule has 0 N–H and O–H groups in total. The minimum atomic E-state index is 0.274. The fourth-order valence-electron chi connectivity index (χ4n) is 1.48. The van der Waals surface area contributed by atoms with Crippen molar-refractivity contribution >= 4 is 17.4 Å². The molecule has 0 radical (unpaired) electrons. The molecule has 0 bridgehead atoms. The van der Waals surface area contributed by atoms with Crippen molar-refractivity contribution in [3.05, 3.63) is 34.9 Å². The summed E-state index contributed by atoms with van der Waals surface area (Å²) >= 11 is 5.79. The highest BCUT2D eigenvalue weighted by molar-refractivity contribution is 6.30. The third-order valence-electron chi connectivity index (χ3n) is 2.42. The lowest BCUT2D eigenvalue weighted by molar-refractivity contribution is -0.120. The van der Waals surface area contributed by atoms with Crippen LogP contribution in [0.2, 0.25) is 5.02 Å². The molecule has 0 unspecified atom stereocenters. The van der Waals surface area contributed by atoms with Crippen molar-refractivity contribution in [2.24, 2.45) is 0 Å². The zero-order valence-electron chi connectivity index (χ0n) is 9.54. The van der Waals surface area contributed by atoms with Crippen LogP contribution in [0.3, 0.4) is 0 Å². The van der Waals surface area contributed by atoms with Gasteiger partial charge in [0.15, 0.2) is 0 Å². The van der Waals surface area contributed by atoms with Crippen molar-refractivity contribution in [3.8, 4) is 0 Å². The van der Waals surface area contributed by atoms with E-state index in [1.807, 2.05) is 24.3 Å². The van der Waals surface area contributed by atoms with E-state index in [0.717, 1.165) is 17.9 Å². The summed E-state index contributed by atoms with van der Waals surface area (Å²) in [5, 5.41) is 0.750. The molecule has 0 saturated heterocycles. The van der Waals surface area contributed by atoms with Gasteiger partial charge < -0.3 is 4.74 Å². The number of benzene rings is 1. The fraction of sp³-hybridized carbons (Fsp3) is 0.462. The number of rotatable bonds is 7. The number of carbonyl (C=O) groups is 1. The second-order valence-electron chi connectivity index (χ2n) is 3.76. The molecule has 0 saturated carbocycles. The molecule has 3 heteroatoms. The Kier molecular flexibility index (Phi) is 6.12. The van der Waals surface area contributed by atoms with Gasteiger partial charge in [-0.05, 0) is 30.5 Å². The van der Waals surface area contributed by atoms with Crippen LogP contribution in [0.25, 0.3) is 0 Å². The number of ketones is 1. The maximum atomic E-state index is 11.3. The van der Waals surface area contributed by atoms with Crippen LogP contribution in [0, 0.1) is 0 Å². The smallest absolute Gasteiger partial charge is 0.135 e. The van der Waals surface area contributed by atoms with Gasteiger partial charge >= 0.3 is 0 Å². The van der Waals surface area contributed by atoms with Crippen molar-refractivity contribution < 1.29 is 9.53 Å². The Balaban J connectivity index is 2.20. The van der Waals surface area contributed by atoms with Gasteiger partial charge in [-0.15, -0.1) is 0 Å². The van der Waals surface area contributed by atoms with Crippen molar-refractivity contribution in [1.82, 2.24) is 0 Å². The summed E-state index contributed by atoms with van der Waals surface area (Å²) < 4.78 is 4.85. The van der Waals surface area contributed by atoms with Crippen LogP contribution in [0.15, 0.2) is 24.3 Å². The maximum absolute atomic E-state index is 11.3. The highest BCUT2D eigenvalue weighted by atomic mass is 35.5. The molecule has 0 aliphatic rings. The molecule has 0 heterocycles. The summed E-state index contributed by atoms with van der Waals surface area (Å²) in [6.07, 6.45) is 2.98. The molecule has 0 fully saturated rings. The van der Waals surface area contributed by atoms with E-state index >= 15 is 0 Å². The Morgan fingerprint density at radius 1 is 1.25 bits per heavy atom. The standard InChI is InChI=1S/C13H17ClO2/c1-16-10-9-13(15)4-2-3-11-5-7-12(14)8-6-11/h5-8H,2-4,9-10H2,1H3. The topological polar surface area (TPSA) is 26.3 Å². The minimum Gasteiger partial charge on any atom is -0.384 e. The van der Waals surface area contributed by atoms with Gasteiger partial charge in [-0.25, -0.2) is 0 Å². The zero-order valence-corrected chi connectivity index (χ0v) is 10.3. The first kappa shape index (κ1) is 13.2. The molecular weight excluding hydrogens is 224 g/mol. The van der Waals surface area contributed by atoms with E-state index in [-0.39, 0.29) is 5.78 Å². The lowest BCUT2D eigenvalue weighted by atomic mass is 10.1. The Morgan fingerprint density at radius 3 is 2.56 bits per heavy atom. The molecule has 2 nitrogen and oxygen atoms in total. The number of halogens is 1. The minimum absolute atomic E-state index is 0.274. The summed E-state index contributed by atoms with van der Waals surface area (Å²) in [4.78, 5) is 11.3. The SMILES string of the molecule is COCCC(=O)CCCc1ccc(Cl)cc1. The summed E-state index contributed by atoms with van der Waals surface area (Å²) in [7, 11) is 1.61. The van der Waals surface area contributed by atoms with Crippen LogP contribution in [0.5, 0.6) is 0 Å². The van der Waals surface area contributed by atoms with Crippen LogP contribution in [0.4, 0.5) is 0 Å². The van der Waals surface area contributed by atoms with Gasteiger partial charge in [0.2, 0.25) is 0 Å². The lowest BCUT2D eigenvalue weighted by Gasteiger charge is -2.02. The average molecular weight is 241 g/mol. The predicted octanol–water partition coefficient (Wildman–Crippen LogP) is 3.27. The second-order valence-corrected chi connectivity index (χ2v) is 4.20. The van der Waals surface area contributed by atoms with E-state index in [0.29, 0.717) is 19.4 Å². The molecule has 16 heavy (non-hydrogen) atoms.